The molecule has 0 aliphatic rings. The van der Waals surface area contributed by atoms with Gasteiger partial charge in [-0.25, -0.2) is 4.39 Å². The van der Waals surface area contributed by atoms with Gasteiger partial charge in [0.05, 0.1) is 22.6 Å². The highest BCUT2D eigenvalue weighted by atomic mass is 32.1. The smallest absolute Gasteiger partial charge is 0.0984 e. The zero-order chi connectivity index (χ0) is 10.7. The van der Waals surface area contributed by atoms with Crippen LogP contribution in [-0.2, 0) is 0 Å². The van der Waals surface area contributed by atoms with Crippen molar-refractivity contribution in [3.63, 3.8) is 0 Å². The molecule has 0 bridgehead atoms. The lowest BCUT2D eigenvalue weighted by molar-refractivity contribution is 0.648. The molecule has 2 nitrogen and oxygen atoms in total. The average Bonchev–Trinajstić information content (AvgIpc) is 2.67. The normalized spacial score (nSPS) is 11.7. The molecule has 2 heterocycles. The Bertz CT molecular complexity index is 472. The lowest BCUT2D eigenvalue weighted by Crippen LogP contribution is -1.79. The van der Waals surface area contributed by atoms with E-state index in [4.69, 9.17) is 0 Å². The standard InChI is InChI=1S/C11H9FN2S/c1-8(12)4-9-5-11(15-7-9)10-6-13-2-3-14-10/h2-7H,1H3/b8-4-. The van der Waals surface area contributed by atoms with Crippen LogP contribution in [0.2, 0.25) is 0 Å². The summed E-state index contributed by atoms with van der Waals surface area (Å²) in [4.78, 5) is 9.16. The third-order valence-electron chi connectivity index (χ3n) is 1.80. The number of nitrogens with zero attached hydrogens (tertiary/aromatic N) is 2. The second kappa shape index (κ2) is 4.31. The van der Waals surface area contributed by atoms with E-state index >= 15 is 0 Å². The number of aromatic nitrogens is 2. The third-order valence-corrected chi connectivity index (χ3v) is 2.77. The zero-order valence-corrected chi connectivity index (χ0v) is 8.96. The third kappa shape index (κ3) is 2.47. The predicted octanol–water partition coefficient (Wildman–Crippen LogP) is 3.54. The van der Waals surface area contributed by atoms with E-state index in [1.165, 1.54) is 24.3 Å². The molecule has 0 amide bonds. The number of allylic oxidation sites excluding steroid dienone is 1. The van der Waals surface area contributed by atoms with Crippen molar-refractivity contribution in [2.24, 2.45) is 0 Å². The lowest BCUT2D eigenvalue weighted by Gasteiger charge is -1.92. The number of thiophene rings is 1. The minimum absolute atomic E-state index is 0.196. The van der Waals surface area contributed by atoms with Crippen LogP contribution in [0.5, 0.6) is 0 Å². The van der Waals surface area contributed by atoms with Crippen LogP contribution in [0.1, 0.15) is 12.5 Å². The van der Waals surface area contributed by atoms with Gasteiger partial charge in [-0.2, -0.15) is 0 Å². The summed E-state index contributed by atoms with van der Waals surface area (Å²) in [6, 6.07) is 1.90. The van der Waals surface area contributed by atoms with Gasteiger partial charge in [-0.05, 0) is 30.0 Å². The Morgan fingerprint density at radius 3 is 3.00 bits per heavy atom. The Kier molecular flexibility index (Phi) is 2.87. The van der Waals surface area contributed by atoms with Gasteiger partial charge in [0.25, 0.3) is 0 Å². The Balaban J connectivity index is 2.32. The molecule has 0 aliphatic heterocycles. The molecule has 0 aromatic carbocycles. The number of rotatable bonds is 2. The van der Waals surface area contributed by atoms with Gasteiger partial charge in [-0.3, -0.25) is 9.97 Å². The van der Waals surface area contributed by atoms with E-state index in [-0.39, 0.29) is 5.83 Å². The molecule has 0 saturated carbocycles. The highest BCUT2D eigenvalue weighted by Crippen LogP contribution is 2.26. The van der Waals surface area contributed by atoms with Gasteiger partial charge in [0.1, 0.15) is 0 Å². The highest BCUT2D eigenvalue weighted by Gasteiger charge is 2.02. The van der Waals surface area contributed by atoms with Gasteiger partial charge in [0.15, 0.2) is 0 Å². The average molecular weight is 220 g/mol. The molecule has 0 N–H and O–H groups in total. The summed E-state index contributed by atoms with van der Waals surface area (Å²) in [5.41, 5.74) is 1.68. The minimum Gasteiger partial charge on any atom is -0.261 e. The Labute approximate surface area is 91.1 Å². The molecule has 0 unspecified atom stereocenters. The van der Waals surface area contributed by atoms with Crippen LogP contribution in [-0.4, -0.2) is 9.97 Å². The number of hydrogen-bond donors (Lipinski definition) is 0. The fraction of sp³-hybridized carbons (Fsp3) is 0.0909. The van der Waals surface area contributed by atoms with Crippen LogP contribution in [0.3, 0.4) is 0 Å². The van der Waals surface area contributed by atoms with Crippen molar-refractivity contribution in [1.29, 1.82) is 0 Å². The van der Waals surface area contributed by atoms with Crippen LogP contribution in [0.25, 0.3) is 16.6 Å². The van der Waals surface area contributed by atoms with Gasteiger partial charge in [-0.1, -0.05) is 0 Å². The van der Waals surface area contributed by atoms with Gasteiger partial charge >= 0.3 is 0 Å². The molecule has 2 aromatic heterocycles. The SMILES string of the molecule is C/C(F)=C/c1csc(-c2cnccn2)c1. The summed E-state index contributed by atoms with van der Waals surface area (Å²) in [6.45, 7) is 1.43. The van der Waals surface area contributed by atoms with Crippen molar-refractivity contribution in [1.82, 2.24) is 9.97 Å². The molecule has 2 rings (SSSR count). The van der Waals surface area contributed by atoms with E-state index in [1.54, 1.807) is 18.6 Å². The topological polar surface area (TPSA) is 25.8 Å². The quantitative estimate of drug-likeness (QED) is 0.773. The van der Waals surface area contributed by atoms with E-state index in [0.717, 1.165) is 16.1 Å². The predicted molar refractivity (Wildman–Crippen MR) is 60.1 cm³/mol. The number of halogens is 1. The maximum atomic E-state index is 12.6. The molecular weight excluding hydrogens is 211 g/mol. The first kappa shape index (κ1) is 9.98. The van der Waals surface area contributed by atoms with Crippen molar-refractivity contribution < 1.29 is 4.39 Å². The Hall–Kier alpha value is -1.55. The van der Waals surface area contributed by atoms with E-state index < -0.39 is 0 Å². The molecular formula is C11H9FN2S. The molecule has 4 heteroatoms. The van der Waals surface area contributed by atoms with Crippen molar-refractivity contribution in [2.45, 2.75) is 6.92 Å². The maximum absolute atomic E-state index is 12.6. The van der Waals surface area contributed by atoms with Crippen LogP contribution in [0.15, 0.2) is 35.9 Å². The first-order chi connectivity index (χ1) is 7.25. The Morgan fingerprint density at radius 2 is 2.33 bits per heavy atom. The molecule has 0 fully saturated rings. The van der Waals surface area contributed by atoms with Crippen LogP contribution >= 0.6 is 11.3 Å². The van der Waals surface area contributed by atoms with Crippen LogP contribution in [0.4, 0.5) is 4.39 Å². The molecule has 0 spiro atoms. The molecule has 0 atom stereocenters. The molecule has 2 aromatic rings. The van der Waals surface area contributed by atoms with E-state index in [2.05, 4.69) is 9.97 Å². The van der Waals surface area contributed by atoms with Crippen molar-refractivity contribution in [3.05, 3.63) is 41.4 Å². The van der Waals surface area contributed by atoms with E-state index in [0.29, 0.717) is 0 Å². The van der Waals surface area contributed by atoms with Crippen molar-refractivity contribution in [2.75, 3.05) is 0 Å². The first-order valence-electron chi connectivity index (χ1n) is 4.44. The monoisotopic (exact) mass is 220 g/mol. The van der Waals surface area contributed by atoms with Gasteiger partial charge in [0.2, 0.25) is 0 Å². The van der Waals surface area contributed by atoms with Crippen LogP contribution in [0, 0.1) is 0 Å². The second-order valence-corrected chi connectivity index (χ2v) is 3.98. The lowest BCUT2D eigenvalue weighted by atomic mass is 10.2. The summed E-state index contributed by atoms with van der Waals surface area (Å²) >= 11 is 1.53. The summed E-state index contributed by atoms with van der Waals surface area (Å²) in [7, 11) is 0. The molecule has 0 aliphatic carbocycles. The van der Waals surface area contributed by atoms with E-state index in [1.807, 2.05) is 11.4 Å². The first-order valence-corrected chi connectivity index (χ1v) is 5.32. The molecule has 0 radical (unpaired) electrons. The highest BCUT2D eigenvalue weighted by molar-refractivity contribution is 7.13. The van der Waals surface area contributed by atoms with Crippen molar-refractivity contribution in [3.8, 4) is 10.6 Å². The van der Waals surface area contributed by atoms with Crippen LogP contribution < -0.4 is 0 Å². The molecule has 0 saturated heterocycles. The summed E-state index contributed by atoms with van der Waals surface area (Å²) < 4.78 is 12.6. The minimum atomic E-state index is -0.196. The maximum Gasteiger partial charge on any atom is 0.0984 e. The summed E-state index contributed by atoms with van der Waals surface area (Å²) in [5.74, 6) is -0.196. The summed E-state index contributed by atoms with van der Waals surface area (Å²) in [5, 5.41) is 1.90. The zero-order valence-electron chi connectivity index (χ0n) is 8.14. The molecule has 76 valence electrons. The van der Waals surface area contributed by atoms with Gasteiger partial charge < -0.3 is 0 Å². The van der Waals surface area contributed by atoms with Crippen molar-refractivity contribution >= 4 is 17.4 Å². The van der Waals surface area contributed by atoms with Gasteiger partial charge in [-0.15, -0.1) is 11.3 Å². The van der Waals surface area contributed by atoms with E-state index in [9.17, 15) is 4.39 Å². The fourth-order valence-electron chi connectivity index (χ4n) is 1.22. The molecule has 15 heavy (non-hydrogen) atoms. The number of hydrogen-bond acceptors (Lipinski definition) is 3. The van der Waals surface area contributed by atoms with Gasteiger partial charge in [0, 0.05) is 12.4 Å². The second-order valence-electron chi connectivity index (χ2n) is 3.07. The fourth-order valence-corrected chi connectivity index (χ4v) is 2.05. The Morgan fingerprint density at radius 1 is 1.47 bits per heavy atom. The summed E-state index contributed by atoms with van der Waals surface area (Å²) in [6.07, 6.45) is 6.46. The largest absolute Gasteiger partial charge is 0.261 e.